The highest BCUT2D eigenvalue weighted by Crippen LogP contribution is 2.28. The normalized spacial score (nSPS) is 18.0. The zero-order chi connectivity index (χ0) is 19.4. The third kappa shape index (κ3) is 4.67. The number of carbonyl (C=O) groups is 2. The van der Waals surface area contributed by atoms with E-state index < -0.39 is 6.10 Å². The molecule has 6 nitrogen and oxygen atoms in total. The number of aromatic nitrogens is 1. The summed E-state index contributed by atoms with van der Waals surface area (Å²) >= 11 is 1.06. The summed E-state index contributed by atoms with van der Waals surface area (Å²) in [6.07, 6.45) is 2.36. The van der Waals surface area contributed by atoms with Crippen LogP contribution in [-0.4, -0.2) is 45.0 Å². The van der Waals surface area contributed by atoms with Gasteiger partial charge in [-0.05, 0) is 42.2 Å². The highest BCUT2D eigenvalue weighted by Gasteiger charge is 2.36. The maximum absolute atomic E-state index is 12.0. The van der Waals surface area contributed by atoms with Gasteiger partial charge in [-0.25, -0.2) is 0 Å². The van der Waals surface area contributed by atoms with Gasteiger partial charge >= 0.3 is 0 Å². The molecule has 0 spiro atoms. The van der Waals surface area contributed by atoms with Gasteiger partial charge in [0.15, 0.2) is 0 Å². The van der Waals surface area contributed by atoms with E-state index in [4.69, 9.17) is 4.74 Å². The van der Waals surface area contributed by atoms with Crippen LogP contribution < -0.4 is 4.74 Å². The van der Waals surface area contributed by atoms with Gasteiger partial charge in [0.05, 0.1) is 10.9 Å². The number of aryl methyl sites for hydroxylation is 1. The smallest absolute Gasteiger partial charge is 0.288 e. The molecule has 1 aromatic heterocycles. The number of amides is 2. The van der Waals surface area contributed by atoms with E-state index in [0.717, 1.165) is 34.2 Å². The summed E-state index contributed by atoms with van der Waals surface area (Å²) in [6, 6.07) is 11.1. The molecule has 0 bridgehead atoms. The van der Waals surface area contributed by atoms with Crippen LogP contribution in [0.25, 0.3) is 0 Å². The molecule has 0 radical (unpaired) electrons. The minimum atomic E-state index is -0.801. The van der Waals surface area contributed by atoms with Crippen molar-refractivity contribution in [2.24, 2.45) is 0 Å². The van der Waals surface area contributed by atoms with Crippen LogP contribution in [0, 0.1) is 0 Å². The number of rotatable bonds is 7. The molecule has 142 valence electrons. The predicted octanol–water partition coefficient (Wildman–Crippen LogP) is 2.99. The van der Waals surface area contributed by atoms with Gasteiger partial charge in [0.2, 0.25) is 5.91 Å². The number of aliphatic hydroxyl groups excluding tert-OH is 1. The lowest BCUT2D eigenvalue weighted by Crippen LogP contribution is -2.28. The summed E-state index contributed by atoms with van der Waals surface area (Å²) in [6.45, 7) is 2.16. The average molecular weight is 386 g/mol. The van der Waals surface area contributed by atoms with Gasteiger partial charge < -0.3 is 9.84 Å². The van der Waals surface area contributed by atoms with Crippen LogP contribution in [0.4, 0.5) is 4.79 Å². The molecular formula is C20H22N2O4S. The monoisotopic (exact) mass is 386 g/mol. The summed E-state index contributed by atoms with van der Waals surface area (Å²) in [5.41, 5.74) is 2.65. The molecule has 3 rings (SSSR count). The molecule has 2 unspecified atom stereocenters. The average Bonchev–Trinajstić information content (AvgIpc) is 2.94. The van der Waals surface area contributed by atoms with Crippen LogP contribution in [0.5, 0.6) is 5.75 Å². The molecule has 2 aromatic rings. The van der Waals surface area contributed by atoms with Gasteiger partial charge in [0.25, 0.3) is 5.24 Å². The molecular weight excluding hydrogens is 364 g/mol. The van der Waals surface area contributed by atoms with Gasteiger partial charge in [-0.1, -0.05) is 36.9 Å². The molecule has 7 heteroatoms. The number of ether oxygens (including phenoxy) is 1. The number of hydrogen-bond donors (Lipinski definition) is 1. The molecule has 0 aliphatic carbocycles. The number of nitrogens with zero attached hydrogens (tertiary/aromatic N) is 2. The number of hydrogen-bond acceptors (Lipinski definition) is 6. The van der Waals surface area contributed by atoms with Crippen molar-refractivity contribution in [1.29, 1.82) is 0 Å². The Morgan fingerprint density at radius 2 is 1.89 bits per heavy atom. The van der Waals surface area contributed by atoms with E-state index in [2.05, 4.69) is 11.9 Å². The molecule has 1 aliphatic rings. The summed E-state index contributed by atoms with van der Waals surface area (Å²) in [5.74, 6) is 0.469. The molecule has 1 fully saturated rings. The van der Waals surface area contributed by atoms with Crippen molar-refractivity contribution in [3.8, 4) is 5.75 Å². The third-order valence-corrected chi connectivity index (χ3v) is 5.60. The van der Waals surface area contributed by atoms with Gasteiger partial charge in [0.1, 0.15) is 18.5 Å². The fourth-order valence-electron chi connectivity index (χ4n) is 2.72. The number of imide groups is 1. The predicted molar refractivity (Wildman–Crippen MR) is 104 cm³/mol. The Bertz CT molecular complexity index is 808. The third-order valence-electron chi connectivity index (χ3n) is 4.47. The van der Waals surface area contributed by atoms with E-state index in [-0.39, 0.29) is 23.0 Å². The minimum Gasteiger partial charge on any atom is -0.490 e. The number of carbonyl (C=O) groups excluding carboxylic acids is 2. The van der Waals surface area contributed by atoms with E-state index >= 15 is 0 Å². The van der Waals surface area contributed by atoms with Crippen molar-refractivity contribution < 1.29 is 19.4 Å². The van der Waals surface area contributed by atoms with Gasteiger partial charge in [0, 0.05) is 13.2 Å². The Morgan fingerprint density at radius 3 is 2.44 bits per heavy atom. The first-order valence-corrected chi connectivity index (χ1v) is 9.68. The van der Waals surface area contributed by atoms with Gasteiger partial charge in [-0.3, -0.25) is 19.5 Å². The summed E-state index contributed by atoms with van der Waals surface area (Å²) in [5, 5.41) is 9.63. The van der Waals surface area contributed by atoms with E-state index in [1.165, 1.54) is 7.05 Å². The maximum atomic E-state index is 12.0. The second-order valence-electron chi connectivity index (χ2n) is 6.39. The lowest BCUT2D eigenvalue weighted by Gasteiger charge is -2.13. The van der Waals surface area contributed by atoms with E-state index in [1.807, 2.05) is 24.3 Å². The first-order valence-electron chi connectivity index (χ1n) is 8.80. The van der Waals surface area contributed by atoms with Crippen molar-refractivity contribution in [1.82, 2.24) is 9.88 Å². The van der Waals surface area contributed by atoms with Crippen LogP contribution in [-0.2, 0) is 17.6 Å². The molecule has 2 atom stereocenters. The molecule has 27 heavy (non-hydrogen) atoms. The Kier molecular flexibility index (Phi) is 6.13. The number of aliphatic hydroxyl groups is 1. The lowest BCUT2D eigenvalue weighted by molar-refractivity contribution is -0.125. The largest absolute Gasteiger partial charge is 0.490 e. The van der Waals surface area contributed by atoms with Crippen LogP contribution in [0.3, 0.4) is 0 Å². The summed E-state index contributed by atoms with van der Waals surface area (Å²) in [7, 11) is 1.50. The maximum Gasteiger partial charge on any atom is 0.288 e. The molecule has 1 aromatic carbocycles. The van der Waals surface area contributed by atoms with E-state index in [0.29, 0.717) is 17.9 Å². The topological polar surface area (TPSA) is 79.7 Å². The first-order chi connectivity index (χ1) is 13.0. The van der Waals surface area contributed by atoms with Crippen LogP contribution in [0.1, 0.15) is 29.8 Å². The zero-order valence-electron chi connectivity index (χ0n) is 15.3. The molecule has 1 N–H and O–H groups in total. The first kappa shape index (κ1) is 19.4. The quantitative estimate of drug-likeness (QED) is 0.788. The van der Waals surface area contributed by atoms with Crippen molar-refractivity contribution >= 4 is 22.9 Å². The zero-order valence-corrected chi connectivity index (χ0v) is 16.1. The summed E-state index contributed by atoms with van der Waals surface area (Å²) in [4.78, 5) is 28.9. The Balaban J connectivity index is 1.53. The highest BCUT2D eigenvalue weighted by atomic mass is 32.2. The Morgan fingerprint density at radius 1 is 1.19 bits per heavy atom. The lowest BCUT2D eigenvalue weighted by atomic mass is 10.1. The summed E-state index contributed by atoms with van der Waals surface area (Å²) < 4.78 is 5.63. The number of thioether (sulfide) groups is 1. The minimum absolute atomic E-state index is 0.105. The van der Waals surface area contributed by atoms with Gasteiger partial charge in [-0.2, -0.15) is 0 Å². The van der Waals surface area contributed by atoms with Crippen molar-refractivity contribution in [2.75, 3.05) is 13.7 Å². The van der Waals surface area contributed by atoms with Crippen molar-refractivity contribution in [3.05, 3.63) is 59.4 Å². The molecule has 1 aliphatic heterocycles. The Labute approximate surface area is 162 Å². The SMILES string of the molecule is CCc1ccc(C(O)COc2ccc(CC3SC(=O)N(C)C3=O)cc2)nc1. The Hall–Kier alpha value is -2.38. The fourth-order valence-corrected chi connectivity index (χ4v) is 3.75. The number of pyridine rings is 1. The second kappa shape index (κ2) is 8.54. The second-order valence-corrected chi connectivity index (χ2v) is 7.54. The molecule has 2 heterocycles. The van der Waals surface area contributed by atoms with Crippen LogP contribution >= 0.6 is 11.8 Å². The molecule has 2 amide bonds. The standard InChI is InChI=1S/C20H22N2O4S/c1-3-13-6-9-16(21-11-13)17(23)12-26-15-7-4-14(5-8-15)10-18-19(24)22(2)20(25)27-18/h4-9,11,17-18,23H,3,10,12H2,1-2H3. The van der Waals surface area contributed by atoms with E-state index in [1.54, 1.807) is 18.3 Å². The van der Waals surface area contributed by atoms with Crippen molar-refractivity contribution in [3.63, 3.8) is 0 Å². The van der Waals surface area contributed by atoms with E-state index in [9.17, 15) is 14.7 Å². The number of benzene rings is 1. The van der Waals surface area contributed by atoms with Crippen molar-refractivity contribution in [2.45, 2.75) is 31.1 Å². The highest BCUT2D eigenvalue weighted by molar-refractivity contribution is 8.15. The molecule has 0 saturated carbocycles. The van der Waals surface area contributed by atoms with Gasteiger partial charge in [-0.15, -0.1) is 0 Å². The van der Waals surface area contributed by atoms with Crippen LogP contribution in [0.15, 0.2) is 42.6 Å². The fraction of sp³-hybridized carbons (Fsp3) is 0.350. The van der Waals surface area contributed by atoms with Crippen LogP contribution in [0.2, 0.25) is 0 Å². The molecule has 1 saturated heterocycles.